The zero-order chi connectivity index (χ0) is 23.4. The van der Waals surface area contributed by atoms with Crippen LogP contribution in [0.2, 0.25) is 5.02 Å². The number of carbonyl (C=O) groups excluding carboxylic acids is 2. The highest BCUT2D eigenvalue weighted by molar-refractivity contribution is 6.46. The van der Waals surface area contributed by atoms with Gasteiger partial charge in [0.2, 0.25) is 0 Å². The maximum absolute atomic E-state index is 13.1. The van der Waals surface area contributed by atoms with E-state index in [0.29, 0.717) is 24.4 Å². The summed E-state index contributed by atoms with van der Waals surface area (Å²) in [6.07, 6.45) is 2.24. The molecule has 1 amide bonds. The summed E-state index contributed by atoms with van der Waals surface area (Å²) in [6, 6.07) is 7.37. The fourth-order valence-electron chi connectivity index (χ4n) is 3.70. The Balaban J connectivity index is 2.17. The van der Waals surface area contributed by atoms with Crippen molar-refractivity contribution < 1.29 is 24.2 Å². The van der Waals surface area contributed by atoms with Gasteiger partial charge in [0.05, 0.1) is 36.1 Å². The molecule has 1 fully saturated rings. The zero-order valence-electron chi connectivity index (χ0n) is 18.5. The number of benzene rings is 1. The van der Waals surface area contributed by atoms with Crippen LogP contribution in [0.15, 0.2) is 42.1 Å². The Bertz CT molecular complexity index is 1040. The summed E-state index contributed by atoms with van der Waals surface area (Å²) in [5.41, 5.74) is 0.625. The van der Waals surface area contributed by atoms with Crippen LogP contribution in [0.4, 0.5) is 0 Å². The number of ketones is 1. The topological polar surface area (TPSA) is 92.2 Å². The Morgan fingerprint density at radius 3 is 2.50 bits per heavy atom. The minimum Gasteiger partial charge on any atom is -0.507 e. The minimum absolute atomic E-state index is 0.0544. The van der Waals surface area contributed by atoms with Crippen LogP contribution in [0.3, 0.4) is 0 Å². The van der Waals surface area contributed by atoms with Crippen LogP contribution in [-0.2, 0) is 9.59 Å². The highest BCUT2D eigenvalue weighted by Crippen LogP contribution is 2.42. The number of rotatable bonds is 8. The Labute approximate surface area is 192 Å². The summed E-state index contributed by atoms with van der Waals surface area (Å²) >= 11 is 6.18. The molecule has 1 atom stereocenters. The van der Waals surface area contributed by atoms with Crippen LogP contribution in [-0.4, -0.2) is 73.0 Å². The summed E-state index contributed by atoms with van der Waals surface area (Å²) in [7, 11) is 6.73. The van der Waals surface area contributed by atoms with Gasteiger partial charge in [0.25, 0.3) is 11.7 Å². The van der Waals surface area contributed by atoms with Crippen molar-refractivity contribution in [2.75, 3.05) is 41.4 Å². The minimum atomic E-state index is -0.829. The average molecular weight is 460 g/mol. The van der Waals surface area contributed by atoms with Gasteiger partial charge in [0.1, 0.15) is 23.3 Å². The highest BCUT2D eigenvalue weighted by Gasteiger charge is 2.46. The molecule has 170 valence electrons. The van der Waals surface area contributed by atoms with Crippen molar-refractivity contribution in [2.45, 2.75) is 12.5 Å². The molecule has 2 heterocycles. The molecule has 1 aromatic carbocycles. The van der Waals surface area contributed by atoms with Crippen molar-refractivity contribution in [1.82, 2.24) is 14.8 Å². The largest absolute Gasteiger partial charge is 0.507 e. The Kier molecular flexibility index (Phi) is 7.37. The monoisotopic (exact) mass is 459 g/mol. The number of amides is 1. The van der Waals surface area contributed by atoms with E-state index < -0.39 is 17.7 Å². The molecule has 1 aliphatic rings. The van der Waals surface area contributed by atoms with Gasteiger partial charge in [-0.2, -0.15) is 0 Å². The molecule has 1 unspecified atom stereocenters. The van der Waals surface area contributed by atoms with E-state index in [9.17, 15) is 14.7 Å². The normalized spacial score (nSPS) is 17.8. The van der Waals surface area contributed by atoms with Crippen LogP contribution in [0, 0.1) is 0 Å². The van der Waals surface area contributed by atoms with Crippen molar-refractivity contribution in [3.05, 3.63) is 58.4 Å². The van der Waals surface area contributed by atoms with Gasteiger partial charge in [-0.25, -0.2) is 0 Å². The van der Waals surface area contributed by atoms with Crippen molar-refractivity contribution in [1.29, 1.82) is 0 Å². The lowest BCUT2D eigenvalue weighted by atomic mass is 9.97. The predicted octanol–water partition coefficient (Wildman–Crippen LogP) is 3.13. The first-order chi connectivity index (χ1) is 15.3. The van der Waals surface area contributed by atoms with E-state index in [2.05, 4.69) is 4.98 Å². The SMILES string of the molecule is COc1cc(/C(O)=C2\C(=O)C(=O)N(CCCN(C)C)C2c2ccccn2)c(OC)cc1Cl. The molecule has 8 nitrogen and oxygen atoms in total. The predicted molar refractivity (Wildman–Crippen MR) is 121 cm³/mol. The van der Waals surface area contributed by atoms with Crippen molar-refractivity contribution in [3.63, 3.8) is 0 Å². The molecule has 1 N–H and O–H groups in total. The van der Waals surface area contributed by atoms with Crippen LogP contribution in [0.25, 0.3) is 5.76 Å². The molecule has 9 heteroatoms. The fraction of sp³-hybridized carbons (Fsp3) is 0.348. The molecular weight excluding hydrogens is 434 g/mol. The Morgan fingerprint density at radius 1 is 1.19 bits per heavy atom. The van der Waals surface area contributed by atoms with Crippen molar-refractivity contribution in [2.24, 2.45) is 0 Å². The van der Waals surface area contributed by atoms with Gasteiger partial charge in [-0.15, -0.1) is 0 Å². The first-order valence-electron chi connectivity index (χ1n) is 10.1. The van der Waals surface area contributed by atoms with Crippen molar-refractivity contribution in [3.8, 4) is 11.5 Å². The summed E-state index contributed by atoms with van der Waals surface area (Å²) in [6.45, 7) is 1.07. The number of ether oxygens (including phenoxy) is 2. The standard InChI is InChI=1S/C23H26ClN3O5/c1-26(2)10-7-11-27-20(16-8-5-6-9-25-16)19(22(29)23(27)30)21(28)14-12-18(32-4)15(24)13-17(14)31-3/h5-6,8-9,12-13,20,28H,7,10-11H2,1-4H3/b21-19+. The second-order valence-corrected chi connectivity index (χ2v) is 8.00. The number of aliphatic hydroxyl groups is 1. The second kappa shape index (κ2) is 10.0. The van der Waals surface area contributed by atoms with Crippen LogP contribution < -0.4 is 9.47 Å². The third-order valence-corrected chi connectivity index (χ3v) is 5.54. The number of aromatic nitrogens is 1. The molecule has 1 aliphatic heterocycles. The van der Waals surface area contributed by atoms with E-state index in [1.165, 1.54) is 31.3 Å². The number of methoxy groups -OCH3 is 2. The van der Waals surface area contributed by atoms with E-state index in [-0.39, 0.29) is 27.7 Å². The smallest absolute Gasteiger partial charge is 0.295 e. The summed E-state index contributed by atoms with van der Waals surface area (Å²) in [5, 5.41) is 11.5. The van der Waals surface area contributed by atoms with Gasteiger partial charge in [-0.3, -0.25) is 14.6 Å². The maximum atomic E-state index is 13.1. The first kappa shape index (κ1) is 23.6. The number of carbonyl (C=O) groups is 2. The number of hydrogen-bond acceptors (Lipinski definition) is 7. The number of nitrogens with zero attached hydrogens (tertiary/aromatic N) is 3. The number of Topliss-reactive ketones (excluding diaryl/α,β-unsaturated/α-hetero) is 1. The molecule has 2 aromatic rings. The fourth-order valence-corrected chi connectivity index (χ4v) is 3.93. The first-order valence-corrected chi connectivity index (χ1v) is 10.4. The molecule has 1 aromatic heterocycles. The third kappa shape index (κ3) is 4.56. The molecule has 0 saturated carbocycles. The summed E-state index contributed by atoms with van der Waals surface area (Å²) < 4.78 is 10.6. The molecular formula is C23H26ClN3O5. The van der Waals surface area contributed by atoms with Crippen LogP contribution in [0.1, 0.15) is 23.7 Å². The number of likely N-dealkylation sites (tertiary alicyclic amines) is 1. The van der Waals surface area contributed by atoms with Gasteiger partial charge in [-0.05, 0) is 45.3 Å². The number of hydrogen-bond donors (Lipinski definition) is 1. The summed E-state index contributed by atoms with van der Waals surface area (Å²) in [5.74, 6) is -1.30. The molecule has 32 heavy (non-hydrogen) atoms. The number of pyridine rings is 1. The lowest BCUT2D eigenvalue weighted by molar-refractivity contribution is -0.140. The van der Waals surface area contributed by atoms with Crippen LogP contribution in [0.5, 0.6) is 11.5 Å². The van der Waals surface area contributed by atoms with Gasteiger partial charge in [-0.1, -0.05) is 17.7 Å². The number of halogens is 1. The highest BCUT2D eigenvalue weighted by atomic mass is 35.5. The lowest BCUT2D eigenvalue weighted by Gasteiger charge is -2.25. The molecule has 0 spiro atoms. The van der Waals surface area contributed by atoms with Crippen molar-refractivity contribution >= 4 is 29.1 Å². The van der Waals surface area contributed by atoms with Crippen LogP contribution >= 0.6 is 11.6 Å². The second-order valence-electron chi connectivity index (χ2n) is 7.59. The Hall–Kier alpha value is -3.10. The van der Waals surface area contributed by atoms with Gasteiger partial charge < -0.3 is 24.4 Å². The maximum Gasteiger partial charge on any atom is 0.295 e. The van der Waals surface area contributed by atoms with E-state index >= 15 is 0 Å². The molecule has 0 radical (unpaired) electrons. The third-order valence-electron chi connectivity index (χ3n) is 5.24. The zero-order valence-corrected chi connectivity index (χ0v) is 19.2. The van der Waals surface area contributed by atoms with E-state index in [1.807, 2.05) is 19.0 Å². The van der Waals surface area contributed by atoms with Gasteiger partial charge in [0.15, 0.2) is 0 Å². The average Bonchev–Trinajstić information content (AvgIpc) is 3.03. The van der Waals surface area contributed by atoms with Gasteiger partial charge >= 0.3 is 0 Å². The molecule has 0 aliphatic carbocycles. The van der Waals surface area contributed by atoms with E-state index in [1.54, 1.807) is 24.4 Å². The summed E-state index contributed by atoms with van der Waals surface area (Å²) in [4.78, 5) is 33.9. The molecule has 3 rings (SSSR count). The molecule has 1 saturated heterocycles. The lowest BCUT2D eigenvalue weighted by Crippen LogP contribution is -2.32. The Morgan fingerprint density at radius 2 is 1.91 bits per heavy atom. The van der Waals surface area contributed by atoms with E-state index in [0.717, 1.165) is 6.54 Å². The number of aliphatic hydroxyl groups excluding tert-OH is 1. The molecule has 0 bridgehead atoms. The van der Waals surface area contributed by atoms with Gasteiger partial charge in [0, 0.05) is 18.8 Å². The quantitative estimate of drug-likeness (QED) is 0.368. The van der Waals surface area contributed by atoms with E-state index in [4.69, 9.17) is 21.1 Å².